The predicted molar refractivity (Wildman–Crippen MR) is 57.1 cm³/mol. The minimum Gasteiger partial charge on any atom is -0.236 e. The Labute approximate surface area is 85.0 Å². The molecule has 12 heavy (non-hydrogen) atoms. The van der Waals surface area contributed by atoms with Crippen LogP contribution in [0.15, 0.2) is 24.7 Å². The maximum absolute atomic E-state index is 4.13. The normalized spacial score (nSPS) is 9.25. The Bertz CT molecular complexity index is 356. The predicted octanol–water partition coefficient (Wildman–Crippen LogP) is 2.36. The van der Waals surface area contributed by atoms with Gasteiger partial charge in [-0.05, 0) is 28.7 Å². The molecule has 0 aliphatic rings. The highest BCUT2D eigenvalue weighted by Crippen LogP contribution is 2.08. The van der Waals surface area contributed by atoms with Crippen molar-refractivity contribution in [1.82, 2.24) is 14.6 Å². The molecule has 0 bridgehead atoms. The number of halogens is 1. The molecular weight excluding hydrogens is 265 g/mol. The number of nitrogens with zero attached hydrogens (tertiary/aromatic N) is 3. The maximum atomic E-state index is 4.13. The summed E-state index contributed by atoms with van der Waals surface area (Å²) >= 11 is 2.21. The van der Waals surface area contributed by atoms with E-state index in [0.717, 1.165) is 9.22 Å². The van der Waals surface area contributed by atoms with Gasteiger partial charge >= 0.3 is 0 Å². The molecule has 0 atom stereocenters. The Balaban J connectivity index is 0.000000336. The van der Waals surface area contributed by atoms with E-state index in [1.807, 2.05) is 26.1 Å². The van der Waals surface area contributed by atoms with E-state index in [0.29, 0.717) is 0 Å². The summed E-state index contributed by atoms with van der Waals surface area (Å²) in [7, 11) is 0. The van der Waals surface area contributed by atoms with Gasteiger partial charge in [-0.25, -0.2) is 9.50 Å². The molecule has 0 N–H and O–H groups in total. The van der Waals surface area contributed by atoms with Crippen molar-refractivity contribution in [2.75, 3.05) is 0 Å². The molecule has 0 saturated heterocycles. The number of hydrogen-bond acceptors (Lipinski definition) is 2. The third-order valence-corrected chi connectivity index (χ3v) is 2.00. The van der Waals surface area contributed by atoms with E-state index in [-0.39, 0.29) is 0 Å². The number of hydrogen-bond donors (Lipinski definition) is 0. The average molecular weight is 275 g/mol. The summed E-state index contributed by atoms with van der Waals surface area (Å²) in [5.74, 6) is 0. The number of rotatable bonds is 0. The van der Waals surface area contributed by atoms with Crippen LogP contribution >= 0.6 is 22.6 Å². The molecule has 0 spiro atoms. The third kappa shape index (κ3) is 1.74. The quantitative estimate of drug-likeness (QED) is 0.691. The molecule has 0 aliphatic carbocycles. The molecule has 0 aromatic carbocycles. The minimum absolute atomic E-state index is 0.920. The van der Waals surface area contributed by atoms with E-state index in [9.17, 15) is 0 Å². The Morgan fingerprint density at radius 3 is 2.83 bits per heavy atom. The SMILES string of the molecule is CC.Ic1cnn2cccnc12. The second-order valence-corrected chi connectivity index (χ2v) is 3.04. The summed E-state index contributed by atoms with van der Waals surface area (Å²) < 4.78 is 2.83. The van der Waals surface area contributed by atoms with Gasteiger partial charge in [-0.1, -0.05) is 13.8 Å². The lowest BCUT2D eigenvalue weighted by atomic mass is 10.6. The summed E-state index contributed by atoms with van der Waals surface area (Å²) in [5.41, 5.74) is 0.920. The van der Waals surface area contributed by atoms with E-state index >= 15 is 0 Å². The van der Waals surface area contributed by atoms with Crippen molar-refractivity contribution >= 4 is 28.2 Å². The Morgan fingerprint density at radius 1 is 1.42 bits per heavy atom. The van der Waals surface area contributed by atoms with Gasteiger partial charge in [0, 0.05) is 12.4 Å². The van der Waals surface area contributed by atoms with Crippen molar-refractivity contribution in [2.24, 2.45) is 0 Å². The van der Waals surface area contributed by atoms with Gasteiger partial charge in [0.2, 0.25) is 0 Å². The molecule has 0 radical (unpaired) electrons. The molecule has 0 aliphatic heterocycles. The molecule has 2 heterocycles. The van der Waals surface area contributed by atoms with Gasteiger partial charge < -0.3 is 0 Å². The fourth-order valence-corrected chi connectivity index (χ4v) is 1.31. The number of aromatic nitrogens is 3. The molecule has 2 aromatic heterocycles. The first-order chi connectivity index (χ1) is 5.88. The summed E-state index contributed by atoms with van der Waals surface area (Å²) in [6.07, 6.45) is 5.44. The summed E-state index contributed by atoms with van der Waals surface area (Å²) in [6, 6.07) is 1.86. The van der Waals surface area contributed by atoms with Crippen LogP contribution < -0.4 is 0 Å². The highest BCUT2D eigenvalue weighted by atomic mass is 127. The Morgan fingerprint density at radius 2 is 2.17 bits per heavy atom. The largest absolute Gasteiger partial charge is 0.236 e. The van der Waals surface area contributed by atoms with Gasteiger partial charge in [-0.3, -0.25) is 0 Å². The third-order valence-electron chi connectivity index (χ3n) is 1.24. The van der Waals surface area contributed by atoms with Crippen molar-refractivity contribution < 1.29 is 0 Å². The van der Waals surface area contributed by atoms with Crippen LogP contribution in [0.5, 0.6) is 0 Å². The van der Waals surface area contributed by atoms with E-state index in [4.69, 9.17) is 0 Å². The van der Waals surface area contributed by atoms with Gasteiger partial charge in [0.1, 0.15) is 0 Å². The first-order valence-corrected chi connectivity index (χ1v) is 4.89. The Kier molecular flexibility index (Phi) is 3.46. The van der Waals surface area contributed by atoms with Crippen molar-refractivity contribution in [3.05, 3.63) is 28.2 Å². The summed E-state index contributed by atoms with van der Waals surface area (Å²) in [4.78, 5) is 4.13. The van der Waals surface area contributed by atoms with Gasteiger partial charge in [0.25, 0.3) is 0 Å². The lowest BCUT2D eigenvalue weighted by molar-refractivity contribution is 0.939. The fraction of sp³-hybridized carbons (Fsp3) is 0.250. The van der Waals surface area contributed by atoms with Crippen LogP contribution in [0.4, 0.5) is 0 Å². The van der Waals surface area contributed by atoms with Crippen LogP contribution in [0.3, 0.4) is 0 Å². The standard InChI is InChI=1S/C6H4IN3.C2H6/c7-5-4-9-10-3-1-2-8-6(5)10;1-2/h1-4H;1-2H3. The van der Waals surface area contributed by atoms with Crippen molar-refractivity contribution in [1.29, 1.82) is 0 Å². The molecule has 0 unspecified atom stereocenters. The first-order valence-electron chi connectivity index (χ1n) is 3.82. The molecule has 64 valence electrons. The van der Waals surface area contributed by atoms with E-state index in [1.165, 1.54) is 0 Å². The van der Waals surface area contributed by atoms with Crippen LogP contribution in [-0.4, -0.2) is 14.6 Å². The average Bonchev–Trinajstić information content (AvgIpc) is 2.53. The van der Waals surface area contributed by atoms with Crippen molar-refractivity contribution in [2.45, 2.75) is 13.8 Å². The molecule has 0 amide bonds. The zero-order valence-corrected chi connectivity index (χ0v) is 9.19. The minimum atomic E-state index is 0.920. The molecule has 4 heteroatoms. The number of fused-ring (bicyclic) bond motifs is 1. The van der Waals surface area contributed by atoms with Crippen LogP contribution in [0, 0.1) is 3.57 Å². The zero-order valence-electron chi connectivity index (χ0n) is 7.03. The van der Waals surface area contributed by atoms with Gasteiger partial charge in [-0.15, -0.1) is 0 Å². The van der Waals surface area contributed by atoms with Crippen molar-refractivity contribution in [3.63, 3.8) is 0 Å². The van der Waals surface area contributed by atoms with Crippen LogP contribution in [-0.2, 0) is 0 Å². The highest BCUT2D eigenvalue weighted by Gasteiger charge is 1.97. The molecular formula is C8H10IN3. The van der Waals surface area contributed by atoms with E-state index in [2.05, 4.69) is 32.7 Å². The second kappa shape index (κ2) is 4.39. The van der Waals surface area contributed by atoms with E-state index in [1.54, 1.807) is 16.9 Å². The molecule has 0 fully saturated rings. The lowest BCUT2D eigenvalue weighted by Crippen LogP contribution is -1.86. The fourth-order valence-electron chi connectivity index (χ4n) is 0.798. The molecule has 0 saturated carbocycles. The molecule has 2 aromatic rings. The topological polar surface area (TPSA) is 30.2 Å². The molecule has 2 rings (SSSR count). The van der Waals surface area contributed by atoms with Gasteiger partial charge in [0.15, 0.2) is 5.65 Å². The highest BCUT2D eigenvalue weighted by molar-refractivity contribution is 14.1. The maximum Gasteiger partial charge on any atom is 0.168 e. The van der Waals surface area contributed by atoms with Crippen molar-refractivity contribution in [3.8, 4) is 0 Å². The van der Waals surface area contributed by atoms with Gasteiger partial charge in [-0.2, -0.15) is 5.10 Å². The van der Waals surface area contributed by atoms with E-state index < -0.39 is 0 Å². The monoisotopic (exact) mass is 275 g/mol. The zero-order chi connectivity index (χ0) is 8.97. The van der Waals surface area contributed by atoms with Crippen LogP contribution in [0.1, 0.15) is 13.8 Å². The summed E-state index contributed by atoms with van der Waals surface area (Å²) in [6.45, 7) is 4.00. The smallest absolute Gasteiger partial charge is 0.168 e. The van der Waals surface area contributed by atoms with Gasteiger partial charge in [0.05, 0.1) is 9.77 Å². The van der Waals surface area contributed by atoms with Crippen LogP contribution in [0.25, 0.3) is 5.65 Å². The Hall–Kier alpha value is -0.650. The second-order valence-electron chi connectivity index (χ2n) is 1.88. The molecule has 3 nitrogen and oxygen atoms in total. The first kappa shape index (κ1) is 9.44. The lowest BCUT2D eigenvalue weighted by Gasteiger charge is -1.87. The van der Waals surface area contributed by atoms with Crippen LogP contribution in [0.2, 0.25) is 0 Å². The summed E-state index contributed by atoms with van der Waals surface area (Å²) in [5, 5.41) is 4.06.